The first-order valence-electron chi connectivity index (χ1n) is 18.0. The second-order valence-electron chi connectivity index (χ2n) is 18.4. The number of hydrogen-bond acceptors (Lipinski definition) is 3. The Morgan fingerprint density at radius 2 is 1.52 bits per heavy atom. The molecule has 3 nitrogen and oxygen atoms in total. The van der Waals surface area contributed by atoms with Crippen LogP contribution in [0.3, 0.4) is 0 Å². The Morgan fingerprint density at radius 1 is 0.909 bits per heavy atom. The van der Waals surface area contributed by atoms with Gasteiger partial charge in [-0.1, -0.05) is 91.8 Å². The highest BCUT2D eigenvalue weighted by Crippen LogP contribution is 2.59. The normalized spacial score (nSPS) is 34.2. The molecule has 0 amide bonds. The predicted molar refractivity (Wildman–Crippen MR) is 194 cm³/mol. The Bertz CT molecular complexity index is 1130. The van der Waals surface area contributed by atoms with Gasteiger partial charge in [-0.2, -0.15) is 0 Å². The van der Waals surface area contributed by atoms with E-state index in [1.165, 1.54) is 56.1 Å². The maximum absolute atomic E-state index is 10.5. The second kappa shape index (κ2) is 13.1. The van der Waals surface area contributed by atoms with E-state index in [1.807, 2.05) is 0 Å². The third-order valence-corrected chi connectivity index (χ3v) is 22.1. The number of rotatable bonds is 9. The Kier molecular flexibility index (Phi) is 10.7. The topological polar surface area (TPSA) is 38.7 Å². The summed E-state index contributed by atoms with van der Waals surface area (Å²) in [5, 5.41) is 10.8. The first-order valence-corrected chi connectivity index (χ1v) is 23.8. The molecule has 0 radical (unpaired) electrons. The van der Waals surface area contributed by atoms with Gasteiger partial charge >= 0.3 is 0 Å². The smallest absolute Gasteiger partial charge is 0.192 e. The van der Waals surface area contributed by atoms with Crippen molar-refractivity contribution in [3.8, 4) is 0 Å². The van der Waals surface area contributed by atoms with Crippen molar-refractivity contribution in [3.63, 3.8) is 0 Å². The van der Waals surface area contributed by atoms with Crippen molar-refractivity contribution in [2.45, 2.75) is 168 Å². The maximum Gasteiger partial charge on any atom is 0.192 e. The summed E-state index contributed by atoms with van der Waals surface area (Å²) in [6.07, 6.45) is 19.9. The van der Waals surface area contributed by atoms with Gasteiger partial charge < -0.3 is 14.0 Å². The van der Waals surface area contributed by atoms with Gasteiger partial charge in [-0.25, -0.2) is 0 Å². The van der Waals surface area contributed by atoms with Crippen LogP contribution in [0.1, 0.15) is 113 Å². The van der Waals surface area contributed by atoms with Crippen LogP contribution < -0.4 is 0 Å². The van der Waals surface area contributed by atoms with Crippen LogP contribution in [0.4, 0.5) is 0 Å². The van der Waals surface area contributed by atoms with Gasteiger partial charge in [-0.3, -0.25) is 0 Å². The molecule has 5 heteroatoms. The number of aliphatic hydroxyl groups excluding tert-OH is 1. The van der Waals surface area contributed by atoms with E-state index >= 15 is 0 Å². The second-order valence-corrected chi connectivity index (χ2v) is 27.9. The minimum atomic E-state index is -1.98. The minimum absolute atomic E-state index is 0.0233. The molecule has 1 unspecified atom stereocenters. The average Bonchev–Trinajstić information content (AvgIpc) is 3.68. The third kappa shape index (κ3) is 7.86. The fourth-order valence-electron chi connectivity index (χ4n) is 7.93. The number of hydrogen-bond donors (Lipinski definition) is 1. The third-order valence-electron chi connectivity index (χ3n) is 13.1. The molecular formula is C39H68O3Si2. The van der Waals surface area contributed by atoms with E-state index in [9.17, 15) is 5.11 Å². The molecule has 0 spiro atoms. The lowest BCUT2D eigenvalue weighted by atomic mass is 9.61. The molecule has 0 aromatic heterocycles. The summed E-state index contributed by atoms with van der Waals surface area (Å²) in [4.78, 5) is 0. The van der Waals surface area contributed by atoms with Crippen molar-refractivity contribution in [1.82, 2.24) is 0 Å². The molecule has 4 aliphatic carbocycles. The summed E-state index contributed by atoms with van der Waals surface area (Å²) in [5.74, 6) is 2.35. The zero-order valence-electron chi connectivity index (χ0n) is 30.7. The molecule has 0 saturated heterocycles. The predicted octanol–water partition coefficient (Wildman–Crippen LogP) is 11.1. The molecule has 1 N–H and O–H groups in total. The van der Waals surface area contributed by atoms with Crippen molar-refractivity contribution < 1.29 is 14.0 Å². The highest BCUT2D eigenvalue weighted by molar-refractivity contribution is 6.74. The SMILES string of the molecule is C=C1C(=C/C=C2\CCC[C@]3(C)[C@@H]([C@H](C)/C=C/C(O)C4CC4)CC[C@@H]23)C[C@@H](O[Si](C)(C)C(C)(C)C)C[C@@H]1O[Si](C)(C)C(C)(C)C. The zero-order chi connectivity index (χ0) is 32.9. The molecule has 0 aromatic rings. The Labute approximate surface area is 274 Å². The average molecular weight is 641 g/mol. The van der Waals surface area contributed by atoms with Gasteiger partial charge in [-0.15, -0.1) is 0 Å². The van der Waals surface area contributed by atoms with Crippen LogP contribution in [0.5, 0.6) is 0 Å². The lowest BCUT2D eigenvalue weighted by molar-refractivity contribution is 0.0969. The molecule has 44 heavy (non-hydrogen) atoms. The number of aliphatic hydroxyl groups is 1. The van der Waals surface area contributed by atoms with Gasteiger partial charge in [-0.05, 0) is 128 Å². The van der Waals surface area contributed by atoms with E-state index in [-0.39, 0.29) is 28.4 Å². The quantitative estimate of drug-likeness (QED) is 0.201. The Morgan fingerprint density at radius 3 is 2.11 bits per heavy atom. The molecular weight excluding hydrogens is 573 g/mol. The van der Waals surface area contributed by atoms with Crippen LogP contribution in [-0.4, -0.2) is 40.1 Å². The Balaban J connectivity index is 1.57. The molecule has 4 fully saturated rings. The molecule has 0 aliphatic heterocycles. The Hall–Kier alpha value is -0.726. The lowest BCUT2D eigenvalue weighted by Gasteiger charge is -2.45. The molecule has 0 heterocycles. The van der Waals surface area contributed by atoms with E-state index in [4.69, 9.17) is 8.85 Å². The van der Waals surface area contributed by atoms with Gasteiger partial charge in [0.2, 0.25) is 0 Å². The summed E-state index contributed by atoms with van der Waals surface area (Å²) in [7, 11) is -3.90. The van der Waals surface area contributed by atoms with Crippen LogP contribution in [0.2, 0.25) is 36.3 Å². The zero-order valence-corrected chi connectivity index (χ0v) is 32.7. The van der Waals surface area contributed by atoms with E-state index in [0.29, 0.717) is 29.1 Å². The van der Waals surface area contributed by atoms with Crippen LogP contribution in [0, 0.1) is 29.1 Å². The molecule has 4 rings (SSSR count). The van der Waals surface area contributed by atoms with Crippen molar-refractivity contribution in [3.05, 3.63) is 47.6 Å². The molecule has 0 aromatic carbocycles. The first kappa shape index (κ1) is 36.1. The highest BCUT2D eigenvalue weighted by Gasteiger charge is 2.50. The monoisotopic (exact) mass is 640 g/mol. The first-order chi connectivity index (χ1) is 20.2. The van der Waals surface area contributed by atoms with Crippen LogP contribution >= 0.6 is 0 Å². The van der Waals surface area contributed by atoms with E-state index in [2.05, 4.69) is 112 Å². The van der Waals surface area contributed by atoms with Gasteiger partial charge in [0.15, 0.2) is 16.6 Å². The molecule has 250 valence electrons. The fourth-order valence-corrected chi connectivity index (χ4v) is 10.6. The minimum Gasteiger partial charge on any atom is -0.413 e. The summed E-state index contributed by atoms with van der Waals surface area (Å²) in [5.41, 5.74) is 4.49. The van der Waals surface area contributed by atoms with Crippen molar-refractivity contribution in [2.75, 3.05) is 0 Å². The van der Waals surface area contributed by atoms with Crippen molar-refractivity contribution in [1.29, 1.82) is 0 Å². The van der Waals surface area contributed by atoms with Crippen LogP contribution in [-0.2, 0) is 8.85 Å². The fraction of sp³-hybridized carbons (Fsp3) is 0.795. The number of allylic oxidation sites excluding steroid dienone is 4. The van der Waals surface area contributed by atoms with Crippen molar-refractivity contribution >= 4 is 16.6 Å². The van der Waals surface area contributed by atoms with Gasteiger partial charge in [0.05, 0.1) is 18.3 Å². The van der Waals surface area contributed by atoms with Crippen molar-refractivity contribution in [2.24, 2.45) is 29.1 Å². The van der Waals surface area contributed by atoms with E-state index < -0.39 is 16.6 Å². The largest absolute Gasteiger partial charge is 0.413 e. The van der Waals surface area contributed by atoms with Gasteiger partial charge in [0.1, 0.15) is 0 Å². The van der Waals surface area contributed by atoms with Gasteiger partial charge in [0.25, 0.3) is 0 Å². The number of fused-ring (bicyclic) bond motifs is 1. The summed E-state index contributed by atoms with van der Waals surface area (Å²) in [6, 6.07) is 0. The standard InChI is InChI=1S/C39H68O3Si2/c1-27(16-23-35(40)30-18-19-30)33-21-22-34-29(15-14-24-39(33,34)9)17-20-31-25-32(41-43(10,11)37(3,4)5)26-36(28(31)2)42-44(12,13)38(6,7)8/h16-17,20,23,27,30,32-36,40H,2,14-15,18-19,21-22,24-26H2,1,3-13H3/b23-16+,29-17+,31-20?/t27-,32-,33-,34+,35?,36+,39-/m1/s1. The van der Waals surface area contributed by atoms with E-state index in [1.54, 1.807) is 5.57 Å². The van der Waals surface area contributed by atoms with Crippen LogP contribution in [0.15, 0.2) is 47.6 Å². The maximum atomic E-state index is 10.5. The molecule has 4 saturated carbocycles. The molecule has 7 atom stereocenters. The molecule has 0 bridgehead atoms. The molecule has 4 aliphatic rings. The van der Waals surface area contributed by atoms with Gasteiger partial charge in [0, 0.05) is 6.42 Å². The van der Waals surface area contributed by atoms with Crippen LogP contribution in [0.25, 0.3) is 0 Å². The summed E-state index contributed by atoms with van der Waals surface area (Å²) < 4.78 is 14.2. The summed E-state index contributed by atoms with van der Waals surface area (Å²) in [6.45, 7) is 33.2. The lowest BCUT2D eigenvalue weighted by Crippen LogP contribution is -2.49. The summed E-state index contributed by atoms with van der Waals surface area (Å²) >= 11 is 0. The van der Waals surface area contributed by atoms with E-state index in [0.717, 1.165) is 12.8 Å². The highest BCUT2D eigenvalue weighted by atomic mass is 28.4.